The van der Waals surface area contributed by atoms with Gasteiger partial charge >= 0.3 is 0 Å². The van der Waals surface area contributed by atoms with Crippen LogP contribution in [-0.4, -0.2) is 12.6 Å². The van der Waals surface area contributed by atoms with Crippen LogP contribution in [0, 0.1) is 17.7 Å². The SMILES string of the molecule is CC1CCC(CNC2CC(c3cccc(F)c3)C2)CC1. The van der Waals surface area contributed by atoms with Crippen LogP contribution in [0.25, 0.3) is 0 Å². The summed E-state index contributed by atoms with van der Waals surface area (Å²) in [5.74, 6) is 2.29. The second-order valence-electron chi connectivity index (χ2n) is 6.95. The van der Waals surface area contributed by atoms with Crippen LogP contribution in [0.1, 0.15) is 56.9 Å². The van der Waals surface area contributed by atoms with Gasteiger partial charge in [-0.05, 0) is 67.7 Å². The second kappa shape index (κ2) is 6.26. The van der Waals surface area contributed by atoms with Crippen molar-refractivity contribution < 1.29 is 4.39 Å². The zero-order valence-corrected chi connectivity index (χ0v) is 12.4. The van der Waals surface area contributed by atoms with Gasteiger partial charge in [0.1, 0.15) is 5.82 Å². The van der Waals surface area contributed by atoms with E-state index in [1.54, 1.807) is 6.07 Å². The number of nitrogens with one attached hydrogen (secondary N) is 1. The molecule has 0 aromatic heterocycles. The summed E-state index contributed by atoms with van der Waals surface area (Å²) in [5, 5.41) is 3.72. The van der Waals surface area contributed by atoms with Gasteiger partial charge in [0.2, 0.25) is 0 Å². The molecule has 2 aliphatic rings. The predicted molar refractivity (Wildman–Crippen MR) is 81.3 cm³/mol. The van der Waals surface area contributed by atoms with E-state index in [4.69, 9.17) is 0 Å². The predicted octanol–water partition coefficient (Wildman–Crippen LogP) is 4.49. The smallest absolute Gasteiger partial charge is 0.123 e. The monoisotopic (exact) mass is 275 g/mol. The molecule has 20 heavy (non-hydrogen) atoms. The van der Waals surface area contributed by atoms with E-state index in [0.29, 0.717) is 12.0 Å². The number of hydrogen-bond donors (Lipinski definition) is 1. The first kappa shape index (κ1) is 14.1. The van der Waals surface area contributed by atoms with Gasteiger partial charge in [0.05, 0.1) is 0 Å². The van der Waals surface area contributed by atoms with Crippen molar-refractivity contribution in [2.75, 3.05) is 6.54 Å². The van der Waals surface area contributed by atoms with E-state index in [9.17, 15) is 4.39 Å². The molecule has 1 nitrogen and oxygen atoms in total. The lowest BCUT2D eigenvalue weighted by molar-refractivity contribution is 0.236. The molecule has 2 fully saturated rings. The Balaban J connectivity index is 1.38. The maximum absolute atomic E-state index is 13.2. The fourth-order valence-corrected chi connectivity index (χ4v) is 3.68. The molecule has 2 saturated carbocycles. The first-order chi connectivity index (χ1) is 9.70. The molecule has 0 radical (unpaired) electrons. The minimum atomic E-state index is -0.102. The molecule has 1 N–H and O–H groups in total. The minimum absolute atomic E-state index is 0.102. The Hall–Kier alpha value is -0.890. The van der Waals surface area contributed by atoms with Gasteiger partial charge in [0.25, 0.3) is 0 Å². The van der Waals surface area contributed by atoms with Crippen LogP contribution < -0.4 is 5.32 Å². The Morgan fingerprint density at radius 1 is 1.15 bits per heavy atom. The molecule has 1 aromatic carbocycles. The molecule has 1 aromatic rings. The highest BCUT2D eigenvalue weighted by atomic mass is 19.1. The third-order valence-corrected chi connectivity index (χ3v) is 5.29. The topological polar surface area (TPSA) is 12.0 Å². The average Bonchev–Trinajstić information content (AvgIpc) is 2.39. The fourth-order valence-electron chi connectivity index (χ4n) is 3.68. The van der Waals surface area contributed by atoms with Crippen LogP contribution >= 0.6 is 0 Å². The molecule has 0 spiro atoms. The lowest BCUT2D eigenvalue weighted by Crippen LogP contribution is -2.42. The molecular formula is C18H26FN. The van der Waals surface area contributed by atoms with Gasteiger partial charge in [-0.1, -0.05) is 31.9 Å². The lowest BCUT2D eigenvalue weighted by Gasteiger charge is -2.38. The second-order valence-corrected chi connectivity index (χ2v) is 6.95. The summed E-state index contributed by atoms with van der Waals surface area (Å²) in [6.07, 6.45) is 7.95. The molecule has 3 rings (SSSR count). The van der Waals surface area contributed by atoms with E-state index >= 15 is 0 Å². The maximum Gasteiger partial charge on any atom is 0.123 e. The third-order valence-electron chi connectivity index (χ3n) is 5.29. The normalized spacial score (nSPS) is 33.7. The molecule has 0 atom stereocenters. The molecule has 0 saturated heterocycles. The van der Waals surface area contributed by atoms with E-state index in [2.05, 4.69) is 18.3 Å². The summed E-state index contributed by atoms with van der Waals surface area (Å²) >= 11 is 0. The van der Waals surface area contributed by atoms with Gasteiger partial charge in [0.15, 0.2) is 0 Å². The summed E-state index contributed by atoms with van der Waals surface area (Å²) in [6, 6.07) is 7.77. The number of rotatable bonds is 4. The molecule has 0 heterocycles. The number of benzene rings is 1. The maximum atomic E-state index is 13.2. The molecule has 0 bridgehead atoms. The summed E-state index contributed by atoms with van der Waals surface area (Å²) in [7, 11) is 0. The highest BCUT2D eigenvalue weighted by Gasteiger charge is 2.30. The van der Waals surface area contributed by atoms with E-state index in [1.807, 2.05) is 6.07 Å². The van der Waals surface area contributed by atoms with Crippen LogP contribution in [0.4, 0.5) is 4.39 Å². The van der Waals surface area contributed by atoms with Gasteiger partial charge in [-0.2, -0.15) is 0 Å². The Morgan fingerprint density at radius 2 is 1.90 bits per heavy atom. The lowest BCUT2D eigenvalue weighted by atomic mass is 9.75. The van der Waals surface area contributed by atoms with Gasteiger partial charge in [-0.25, -0.2) is 4.39 Å². The Labute approximate surface area is 122 Å². The van der Waals surface area contributed by atoms with Crippen LogP contribution in [0.5, 0.6) is 0 Å². The van der Waals surface area contributed by atoms with Crippen molar-refractivity contribution in [2.24, 2.45) is 11.8 Å². The molecule has 110 valence electrons. The third kappa shape index (κ3) is 3.41. The van der Waals surface area contributed by atoms with Crippen LogP contribution in [0.15, 0.2) is 24.3 Å². The van der Waals surface area contributed by atoms with E-state index in [0.717, 1.165) is 11.8 Å². The quantitative estimate of drug-likeness (QED) is 0.854. The van der Waals surface area contributed by atoms with Crippen LogP contribution in [0.2, 0.25) is 0 Å². The molecular weight excluding hydrogens is 249 g/mol. The minimum Gasteiger partial charge on any atom is -0.314 e. The van der Waals surface area contributed by atoms with Gasteiger partial charge in [0, 0.05) is 6.04 Å². The first-order valence-electron chi connectivity index (χ1n) is 8.19. The van der Waals surface area contributed by atoms with Gasteiger partial charge < -0.3 is 5.32 Å². The van der Waals surface area contributed by atoms with Crippen molar-refractivity contribution in [2.45, 2.75) is 57.4 Å². The first-order valence-corrected chi connectivity index (χ1v) is 8.19. The molecule has 0 aliphatic heterocycles. The van der Waals surface area contributed by atoms with Gasteiger partial charge in [-0.3, -0.25) is 0 Å². The Bertz CT molecular complexity index is 431. The molecule has 2 aliphatic carbocycles. The Kier molecular flexibility index (Phi) is 4.40. The summed E-state index contributed by atoms with van der Waals surface area (Å²) < 4.78 is 13.2. The van der Waals surface area contributed by atoms with E-state index in [1.165, 1.54) is 56.7 Å². The summed E-state index contributed by atoms with van der Waals surface area (Å²) in [5.41, 5.74) is 1.18. The number of halogens is 1. The van der Waals surface area contributed by atoms with Crippen molar-refractivity contribution in [3.05, 3.63) is 35.6 Å². The molecule has 0 unspecified atom stereocenters. The standard InChI is InChI=1S/C18H26FN/c1-13-5-7-14(8-6-13)12-20-18-10-16(11-18)15-3-2-4-17(19)9-15/h2-4,9,13-14,16,18,20H,5-8,10-12H2,1H3. The van der Waals surface area contributed by atoms with E-state index in [-0.39, 0.29) is 5.82 Å². The van der Waals surface area contributed by atoms with Gasteiger partial charge in [-0.15, -0.1) is 0 Å². The fraction of sp³-hybridized carbons (Fsp3) is 0.667. The zero-order valence-electron chi connectivity index (χ0n) is 12.4. The van der Waals surface area contributed by atoms with Crippen molar-refractivity contribution in [3.63, 3.8) is 0 Å². The van der Waals surface area contributed by atoms with Crippen molar-refractivity contribution in [3.8, 4) is 0 Å². The highest BCUT2D eigenvalue weighted by molar-refractivity contribution is 5.23. The largest absolute Gasteiger partial charge is 0.314 e. The number of hydrogen-bond acceptors (Lipinski definition) is 1. The van der Waals surface area contributed by atoms with E-state index < -0.39 is 0 Å². The zero-order chi connectivity index (χ0) is 13.9. The molecule has 2 heteroatoms. The summed E-state index contributed by atoms with van der Waals surface area (Å²) in [4.78, 5) is 0. The van der Waals surface area contributed by atoms with Crippen LogP contribution in [-0.2, 0) is 0 Å². The van der Waals surface area contributed by atoms with Crippen molar-refractivity contribution in [1.29, 1.82) is 0 Å². The highest BCUT2D eigenvalue weighted by Crippen LogP contribution is 2.37. The average molecular weight is 275 g/mol. The Morgan fingerprint density at radius 3 is 2.60 bits per heavy atom. The molecule has 0 amide bonds. The van der Waals surface area contributed by atoms with Crippen molar-refractivity contribution in [1.82, 2.24) is 5.32 Å². The van der Waals surface area contributed by atoms with Crippen LogP contribution in [0.3, 0.4) is 0 Å². The summed E-state index contributed by atoms with van der Waals surface area (Å²) in [6.45, 7) is 3.56. The van der Waals surface area contributed by atoms with Crippen molar-refractivity contribution >= 4 is 0 Å².